The van der Waals surface area contributed by atoms with Gasteiger partial charge >= 0.3 is 0 Å². The third-order valence-electron chi connectivity index (χ3n) is 3.39. The van der Waals surface area contributed by atoms with Gasteiger partial charge in [0.1, 0.15) is 5.82 Å². The van der Waals surface area contributed by atoms with E-state index in [1.165, 1.54) is 6.92 Å². The van der Waals surface area contributed by atoms with E-state index in [1.807, 2.05) is 6.92 Å². The van der Waals surface area contributed by atoms with Gasteiger partial charge < -0.3 is 4.90 Å². The van der Waals surface area contributed by atoms with Crippen molar-refractivity contribution in [2.24, 2.45) is 5.92 Å². The van der Waals surface area contributed by atoms with Crippen LogP contribution < -0.4 is 0 Å². The van der Waals surface area contributed by atoms with E-state index in [9.17, 15) is 19.3 Å². The zero-order valence-electron chi connectivity index (χ0n) is 10.9. The molecule has 1 unspecified atom stereocenters. The first-order valence-corrected chi connectivity index (χ1v) is 6.14. The molecular weight excluding hydrogens is 251 g/mol. The Balaban J connectivity index is 2.38. The van der Waals surface area contributed by atoms with Crippen LogP contribution in [0.15, 0.2) is 12.1 Å². The smallest absolute Gasteiger partial charge is 0.270 e. The van der Waals surface area contributed by atoms with Crippen molar-refractivity contribution in [2.75, 3.05) is 13.1 Å². The maximum Gasteiger partial charge on any atom is 0.270 e. The molecule has 5 nitrogen and oxygen atoms in total. The molecule has 1 aromatic carbocycles. The first kappa shape index (κ1) is 13.5. The molecular formula is C13H15FN2O3. The summed E-state index contributed by atoms with van der Waals surface area (Å²) in [6.07, 6.45) is 0.876. The quantitative estimate of drug-likeness (QED) is 0.610. The van der Waals surface area contributed by atoms with Crippen molar-refractivity contribution in [3.05, 3.63) is 39.2 Å². The fourth-order valence-corrected chi connectivity index (χ4v) is 2.30. The number of aryl methyl sites for hydroxylation is 1. The van der Waals surface area contributed by atoms with Gasteiger partial charge in [0.2, 0.25) is 0 Å². The molecule has 0 N–H and O–H groups in total. The highest BCUT2D eigenvalue weighted by Crippen LogP contribution is 2.24. The summed E-state index contributed by atoms with van der Waals surface area (Å²) in [7, 11) is 0. The molecule has 1 amide bonds. The van der Waals surface area contributed by atoms with Gasteiger partial charge in [-0.15, -0.1) is 0 Å². The van der Waals surface area contributed by atoms with Crippen molar-refractivity contribution in [3.63, 3.8) is 0 Å². The lowest BCUT2D eigenvalue weighted by Crippen LogP contribution is -2.29. The van der Waals surface area contributed by atoms with Gasteiger partial charge in [-0.1, -0.05) is 6.92 Å². The summed E-state index contributed by atoms with van der Waals surface area (Å²) in [4.78, 5) is 23.9. The molecule has 1 heterocycles. The summed E-state index contributed by atoms with van der Waals surface area (Å²) in [5.74, 6) is -0.754. The van der Waals surface area contributed by atoms with Gasteiger partial charge in [0.25, 0.3) is 11.6 Å². The Kier molecular flexibility index (Phi) is 3.50. The number of likely N-dealkylation sites (tertiary alicyclic amines) is 1. The van der Waals surface area contributed by atoms with Crippen LogP contribution in [0.25, 0.3) is 0 Å². The molecule has 1 aliphatic rings. The summed E-state index contributed by atoms with van der Waals surface area (Å²) in [5.41, 5.74) is -0.347. The number of nitrogens with zero attached hydrogens (tertiary/aromatic N) is 2. The van der Waals surface area contributed by atoms with Crippen molar-refractivity contribution in [3.8, 4) is 0 Å². The number of carbonyl (C=O) groups excluding carboxylic acids is 1. The number of amides is 1. The van der Waals surface area contributed by atoms with Crippen LogP contribution in [0.3, 0.4) is 0 Å². The van der Waals surface area contributed by atoms with Crippen LogP contribution in [0.4, 0.5) is 10.1 Å². The number of rotatable bonds is 2. The number of nitro benzene ring substituents is 1. The van der Waals surface area contributed by atoms with E-state index < -0.39 is 16.6 Å². The van der Waals surface area contributed by atoms with Crippen LogP contribution in [0, 0.1) is 28.8 Å². The van der Waals surface area contributed by atoms with E-state index in [4.69, 9.17) is 0 Å². The molecule has 0 aliphatic carbocycles. The van der Waals surface area contributed by atoms with Crippen LogP contribution in [0.5, 0.6) is 0 Å². The van der Waals surface area contributed by atoms with E-state index in [2.05, 4.69) is 0 Å². The largest absolute Gasteiger partial charge is 0.338 e. The van der Waals surface area contributed by atoms with Crippen molar-refractivity contribution in [1.29, 1.82) is 0 Å². The summed E-state index contributed by atoms with van der Waals surface area (Å²) in [6.45, 7) is 4.58. The molecule has 0 aromatic heterocycles. The average molecular weight is 266 g/mol. The number of carbonyl (C=O) groups is 1. The Morgan fingerprint density at radius 2 is 2.21 bits per heavy atom. The van der Waals surface area contributed by atoms with E-state index in [0.29, 0.717) is 19.0 Å². The van der Waals surface area contributed by atoms with Crippen molar-refractivity contribution < 1.29 is 14.1 Å². The summed E-state index contributed by atoms with van der Waals surface area (Å²) < 4.78 is 14.0. The lowest BCUT2D eigenvalue weighted by atomic mass is 10.1. The van der Waals surface area contributed by atoms with Crippen LogP contribution in [-0.4, -0.2) is 28.8 Å². The minimum Gasteiger partial charge on any atom is -0.338 e. The first-order valence-electron chi connectivity index (χ1n) is 6.14. The molecule has 1 saturated heterocycles. The maximum atomic E-state index is 14.0. The molecule has 1 atom stereocenters. The predicted octanol–water partition coefficient (Wildman–Crippen LogP) is 2.52. The summed E-state index contributed by atoms with van der Waals surface area (Å²) in [5, 5.41) is 10.8. The molecule has 1 aromatic rings. The zero-order valence-corrected chi connectivity index (χ0v) is 10.9. The highest BCUT2D eigenvalue weighted by atomic mass is 19.1. The fraction of sp³-hybridized carbons (Fsp3) is 0.462. The summed E-state index contributed by atoms with van der Waals surface area (Å²) >= 11 is 0. The molecule has 0 spiro atoms. The number of benzene rings is 1. The van der Waals surface area contributed by atoms with Crippen molar-refractivity contribution in [2.45, 2.75) is 20.3 Å². The van der Waals surface area contributed by atoms with E-state index in [0.717, 1.165) is 18.6 Å². The standard InChI is InChI=1S/C13H15FN2O3/c1-8-3-4-15(7-8)13(17)11-6-10(16(18)19)5-9(2)12(11)14/h5-6,8H,3-4,7H2,1-2H3. The molecule has 0 saturated carbocycles. The second-order valence-electron chi connectivity index (χ2n) is 5.03. The number of non-ortho nitro benzene ring substituents is 1. The van der Waals surface area contributed by atoms with E-state index in [1.54, 1.807) is 4.90 Å². The van der Waals surface area contributed by atoms with E-state index >= 15 is 0 Å². The fourth-order valence-electron chi connectivity index (χ4n) is 2.30. The minimum absolute atomic E-state index is 0.116. The van der Waals surface area contributed by atoms with Gasteiger partial charge in [-0.3, -0.25) is 14.9 Å². The lowest BCUT2D eigenvalue weighted by Gasteiger charge is -2.16. The Hall–Kier alpha value is -1.98. The third kappa shape index (κ3) is 2.57. The molecule has 102 valence electrons. The molecule has 19 heavy (non-hydrogen) atoms. The lowest BCUT2D eigenvalue weighted by molar-refractivity contribution is -0.385. The predicted molar refractivity (Wildman–Crippen MR) is 67.5 cm³/mol. The van der Waals surface area contributed by atoms with Crippen LogP contribution in [0.1, 0.15) is 29.3 Å². The molecule has 6 heteroatoms. The number of hydrogen-bond donors (Lipinski definition) is 0. The molecule has 1 aliphatic heterocycles. The monoisotopic (exact) mass is 266 g/mol. The topological polar surface area (TPSA) is 63.5 Å². The first-order chi connectivity index (χ1) is 8.90. The Bertz CT molecular complexity index is 545. The Morgan fingerprint density at radius 3 is 2.74 bits per heavy atom. The molecule has 1 fully saturated rings. The highest BCUT2D eigenvalue weighted by Gasteiger charge is 2.28. The van der Waals surface area contributed by atoms with E-state index in [-0.39, 0.29) is 16.8 Å². The normalized spacial score (nSPS) is 18.7. The zero-order chi connectivity index (χ0) is 14.2. The average Bonchev–Trinajstić information content (AvgIpc) is 2.78. The van der Waals surface area contributed by atoms with Crippen LogP contribution in [-0.2, 0) is 0 Å². The van der Waals surface area contributed by atoms with Crippen molar-refractivity contribution in [1.82, 2.24) is 4.90 Å². The minimum atomic E-state index is -0.671. The van der Waals surface area contributed by atoms with Crippen LogP contribution >= 0.6 is 0 Å². The second-order valence-corrected chi connectivity index (χ2v) is 5.03. The molecule has 0 radical (unpaired) electrons. The Labute approximate surface area is 110 Å². The summed E-state index contributed by atoms with van der Waals surface area (Å²) in [6, 6.07) is 2.16. The third-order valence-corrected chi connectivity index (χ3v) is 3.39. The van der Waals surface area contributed by atoms with Gasteiger partial charge in [-0.2, -0.15) is 0 Å². The highest BCUT2D eigenvalue weighted by molar-refractivity contribution is 5.95. The van der Waals surface area contributed by atoms with Gasteiger partial charge in [0.15, 0.2) is 0 Å². The SMILES string of the molecule is Cc1cc([N+](=O)[O-])cc(C(=O)N2CCC(C)C2)c1F. The van der Waals surface area contributed by atoms with Gasteiger partial charge in [-0.25, -0.2) is 4.39 Å². The second kappa shape index (κ2) is 4.95. The molecule has 0 bridgehead atoms. The maximum absolute atomic E-state index is 14.0. The van der Waals surface area contributed by atoms with Gasteiger partial charge in [0, 0.05) is 25.2 Å². The Morgan fingerprint density at radius 1 is 1.53 bits per heavy atom. The number of halogens is 1. The van der Waals surface area contributed by atoms with Crippen LogP contribution in [0.2, 0.25) is 0 Å². The number of hydrogen-bond acceptors (Lipinski definition) is 3. The van der Waals surface area contributed by atoms with Crippen molar-refractivity contribution >= 4 is 11.6 Å². The van der Waals surface area contributed by atoms with Gasteiger partial charge in [-0.05, 0) is 24.8 Å². The molecule has 2 rings (SSSR count). The van der Waals surface area contributed by atoms with Gasteiger partial charge in [0.05, 0.1) is 10.5 Å². The number of nitro groups is 1.